The van der Waals surface area contributed by atoms with E-state index in [-0.39, 0.29) is 38.4 Å². The van der Waals surface area contributed by atoms with Crippen molar-refractivity contribution in [2.75, 3.05) is 0 Å². The van der Waals surface area contributed by atoms with Gasteiger partial charge in [0.05, 0.1) is 11.9 Å². The van der Waals surface area contributed by atoms with E-state index in [0.29, 0.717) is 11.8 Å². The van der Waals surface area contributed by atoms with E-state index >= 15 is 0 Å². The summed E-state index contributed by atoms with van der Waals surface area (Å²) < 4.78 is 0. The Labute approximate surface area is 194 Å². The number of carbonyl (C=O) groups is 2. The second kappa shape index (κ2) is 14.3. The molecule has 0 aliphatic rings. The number of hydrogen-bond acceptors (Lipinski definition) is 4. The Morgan fingerprint density at radius 1 is 0.655 bits per heavy atom. The van der Waals surface area contributed by atoms with E-state index in [4.69, 9.17) is 0 Å². The molecule has 0 atom stereocenters. The van der Waals surface area contributed by atoms with Crippen molar-refractivity contribution in [3.8, 4) is 0 Å². The van der Waals surface area contributed by atoms with E-state index in [9.17, 15) is 19.8 Å². The van der Waals surface area contributed by atoms with Crippen LogP contribution in [-0.4, -0.2) is 39.2 Å². The van der Waals surface area contributed by atoms with Gasteiger partial charge in [-0.3, -0.25) is 0 Å². The van der Waals surface area contributed by atoms with E-state index in [1.807, 2.05) is 24.3 Å². The smallest absolute Gasteiger partial charge is 0.545 e. The predicted octanol–water partition coefficient (Wildman–Crippen LogP) is 2.90. The van der Waals surface area contributed by atoms with E-state index < -0.39 is 11.9 Å². The summed E-state index contributed by atoms with van der Waals surface area (Å²) in [6, 6.07) is 13.8. The van der Waals surface area contributed by atoms with Gasteiger partial charge < -0.3 is 19.8 Å². The normalized spacial score (nSPS) is 10.1. The number of carboxylic acid groups (broad SMARTS) is 2. The predicted molar refractivity (Wildman–Crippen MR) is 114 cm³/mol. The van der Waals surface area contributed by atoms with Crippen molar-refractivity contribution in [3.63, 3.8) is 0 Å². The average Bonchev–Trinajstić information content (AvgIpc) is 2.65. The Balaban J connectivity index is 0.000000523. The van der Waals surface area contributed by atoms with Gasteiger partial charge in [0.2, 0.25) is 0 Å². The van der Waals surface area contributed by atoms with Gasteiger partial charge >= 0.3 is 27.3 Å². The standard InChI is InChI=1S/2C12H16O2.Pb/c2*1-9(2)3-4-10-5-7-11(8-6-10)12(13)14;/h2*5-9H,3-4H2,1-2H3,(H,13,14);/q;;+2/p-2. The number of aryl methyl sites for hydroxylation is 2. The summed E-state index contributed by atoms with van der Waals surface area (Å²) in [7, 11) is 0. The maximum absolute atomic E-state index is 10.5. The van der Waals surface area contributed by atoms with Crippen LogP contribution < -0.4 is 10.2 Å². The van der Waals surface area contributed by atoms with Crippen molar-refractivity contribution in [3.05, 3.63) is 70.8 Å². The van der Waals surface area contributed by atoms with Crippen LogP contribution in [0.5, 0.6) is 0 Å². The number of aromatic carboxylic acids is 2. The third kappa shape index (κ3) is 11.8. The van der Waals surface area contributed by atoms with Crippen molar-refractivity contribution < 1.29 is 19.8 Å². The average molecular weight is 590 g/mol. The minimum absolute atomic E-state index is 0. The van der Waals surface area contributed by atoms with E-state index in [1.165, 1.54) is 11.1 Å². The topological polar surface area (TPSA) is 80.3 Å². The summed E-state index contributed by atoms with van der Waals surface area (Å²) in [5.74, 6) is -0.868. The molecule has 2 aromatic rings. The Morgan fingerprint density at radius 3 is 1.14 bits per heavy atom. The zero-order valence-corrected chi connectivity index (χ0v) is 21.6. The zero-order chi connectivity index (χ0) is 21.1. The quantitative estimate of drug-likeness (QED) is 0.444. The van der Waals surface area contributed by atoms with Crippen LogP contribution in [0.1, 0.15) is 72.4 Å². The van der Waals surface area contributed by atoms with Crippen LogP contribution in [0.15, 0.2) is 48.5 Å². The monoisotopic (exact) mass is 590 g/mol. The second-order valence-corrected chi connectivity index (χ2v) is 7.83. The van der Waals surface area contributed by atoms with Crippen LogP contribution in [0.25, 0.3) is 0 Å². The second-order valence-electron chi connectivity index (χ2n) is 7.83. The number of carbonyl (C=O) groups excluding carboxylic acids is 2. The molecule has 0 bridgehead atoms. The Kier molecular flexibility index (Phi) is 13.5. The largest absolute Gasteiger partial charge is 2.00 e. The first-order chi connectivity index (χ1) is 13.2. The van der Waals surface area contributed by atoms with Crippen molar-refractivity contribution in [1.82, 2.24) is 0 Å². The molecule has 0 saturated heterocycles. The molecule has 0 aliphatic carbocycles. The van der Waals surface area contributed by atoms with E-state index in [2.05, 4.69) is 27.7 Å². The number of benzene rings is 2. The maximum Gasteiger partial charge on any atom is 2.00 e. The van der Waals surface area contributed by atoms with Crippen LogP contribution in [0.3, 0.4) is 0 Å². The third-order valence-electron chi connectivity index (χ3n) is 4.40. The fourth-order valence-corrected chi connectivity index (χ4v) is 2.53. The summed E-state index contributed by atoms with van der Waals surface area (Å²) >= 11 is 0. The molecule has 2 rings (SSSR count). The van der Waals surface area contributed by atoms with Gasteiger partial charge in [-0.25, -0.2) is 0 Å². The third-order valence-corrected chi connectivity index (χ3v) is 4.40. The summed E-state index contributed by atoms with van der Waals surface area (Å²) in [6.07, 6.45) is 4.27. The molecule has 2 radical (unpaired) electrons. The van der Waals surface area contributed by atoms with Crippen molar-refractivity contribution in [2.45, 2.75) is 53.4 Å². The minimum atomic E-state index is -1.11. The molecule has 29 heavy (non-hydrogen) atoms. The molecule has 0 unspecified atom stereocenters. The van der Waals surface area contributed by atoms with Crippen molar-refractivity contribution >= 4 is 39.2 Å². The van der Waals surface area contributed by atoms with Gasteiger partial charge in [-0.2, -0.15) is 0 Å². The van der Waals surface area contributed by atoms with Crippen molar-refractivity contribution in [1.29, 1.82) is 0 Å². The molecule has 2 aromatic carbocycles. The van der Waals surface area contributed by atoms with Gasteiger partial charge in [0.25, 0.3) is 0 Å². The van der Waals surface area contributed by atoms with Gasteiger partial charge in [0, 0.05) is 0 Å². The molecule has 0 fully saturated rings. The van der Waals surface area contributed by atoms with E-state index in [1.54, 1.807) is 24.3 Å². The molecular formula is C24H30O4Pb. The first-order valence-corrected chi connectivity index (χ1v) is 9.79. The molecule has 4 nitrogen and oxygen atoms in total. The molecule has 0 aliphatic heterocycles. The molecule has 154 valence electrons. The molecule has 0 spiro atoms. The van der Waals surface area contributed by atoms with Crippen LogP contribution in [0, 0.1) is 11.8 Å². The number of rotatable bonds is 8. The van der Waals surface area contributed by atoms with Crippen LogP contribution in [0.2, 0.25) is 0 Å². The number of carboxylic acids is 2. The van der Waals surface area contributed by atoms with Gasteiger partial charge in [0.1, 0.15) is 0 Å². The maximum atomic E-state index is 10.5. The molecular weight excluding hydrogens is 559 g/mol. The van der Waals surface area contributed by atoms with Crippen molar-refractivity contribution in [2.24, 2.45) is 11.8 Å². The summed E-state index contributed by atoms with van der Waals surface area (Å²) in [5, 5.41) is 20.9. The molecule has 0 aromatic heterocycles. The summed E-state index contributed by atoms with van der Waals surface area (Å²) in [6.45, 7) is 8.70. The molecule has 0 heterocycles. The summed E-state index contributed by atoms with van der Waals surface area (Å²) in [4.78, 5) is 20.9. The van der Waals surface area contributed by atoms with Gasteiger partial charge in [-0.15, -0.1) is 0 Å². The van der Waals surface area contributed by atoms with E-state index in [0.717, 1.165) is 25.7 Å². The number of hydrogen-bond donors (Lipinski definition) is 0. The Bertz CT molecular complexity index is 669. The van der Waals surface area contributed by atoms with Gasteiger partial charge in [0.15, 0.2) is 0 Å². The van der Waals surface area contributed by atoms with Crippen LogP contribution in [0.4, 0.5) is 0 Å². The first-order valence-electron chi connectivity index (χ1n) is 9.79. The van der Waals surface area contributed by atoms with Crippen LogP contribution >= 0.6 is 0 Å². The van der Waals surface area contributed by atoms with Gasteiger partial charge in [-0.05, 0) is 59.8 Å². The minimum Gasteiger partial charge on any atom is -0.545 e. The molecule has 0 saturated carbocycles. The first kappa shape index (κ1) is 27.3. The fraction of sp³-hybridized carbons (Fsp3) is 0.417. The zero-order valence-electron chi connectivity index (χ0n) is 17.7. The Hall–Kier alpha value is -1.70. The fourth-order valence-electron chi connectivity index (χ4n) is 2.53. The molecule has 0 N–H and O–H groups in total. The van der Waals surface area contributed by atoms with Crippen LogP contribution in [-0.2, 0) is 12.8 Å². The molecule has 0 amide bonds. The van der Waals surface area contributed by atoms with Gasteiger partial charge in [-0.1, -0.05) is 76.2 Å². The molecule has 5 heteroatoms. The summed E-state index contributed by atoms with van der Waals surface area (Å²) in [5.41, 5.74) is 2.86. The Morgan fingerprint density at radius 2 is 0.931 bits per heavy atom. The SMILES string of the molecule is CC(C)CCc1ccc(C(=O)[O-])cc1.CC(C)CCc1ccc(C(=O)[O-])cc1.[Pb+2].